The number of esters is 2. The van der Waals surface area contributed by atoms with Crippen LogP contribution in [0.1, 0.15) is 82.7 Å². The zero-order chi connectivity index (χ0) is 41.8. The fourth-order valence-electron chi connectivity index (χ4n) is 7.08. The molecule has 0 saturated carbocycles. The van der Waals surface area contributed by atoms with Crippen molar-refractivity contribution in [2.75, 3.05) is 27.4 Å². The van der Waals surface area contributed by atoms with Crippen LogP contribution in [0.15, 0.2) is 97.1 Å². The molecule has 1 unspecified atom stereocenters. The van der Waals surface area contributed by atoms with Crippen LogP contribution in [-0.2, 0) is 33.7 Å². The van der Waals surface area contributed by atoms with Crippen LogP contribution in [0.4, 0.5) is 0 Å². The Morgan fingerprint density at radius 3 is 1.88 bits per heavy atom. The van der Waals surface area contributed by atoms with Gasteiger partial charge in [-0.25, -0.2) is 4.67 Å². The highest BCUT2D eigenvalue weighted by atomic mass is 31.2. The van der Waals surface area contributed by atoms with E-state index >= 15 is 0 Å². The zero-order valence-corrected chi connectivity index (χ0v) is 35.3. The van der Waals surface area contributed by atoms with Gasteiger partial charge < -0.3 is 37.5 Å². The van der Waals surface area contributed by atoms with E-state index in [0.29, 0.717) is 23.5 Å². The lowest BCUT2D eigenvalue weighted by Gasteiger charge is -2.39. The van der Waals surface area contributed by atoms with Crippen molar-refractivity contribution < 1.29 is 47.1 Å². The van der Waals surface area contributed by atoms with E-state index in [1.807, 2.05) is 78.9 Å². The Balaban J connectivity index is 1.61. The van der Waals surface area contributed by atoms with Gasteiger partial charge in [0.05, 0.1) is 52.1 Å². The van der Waals surface area contributed by atoms with Gasteiger partial charge in [0.25, 0.3) is 8.53 Å². The molecule has 4 atom stereocenters. The summed E-state index contributed by atoms with van der Waals surface area (Å²) in [5, 5.41) is 9.37. The average Bonchev–Trinajstić information content (AvgIpc) is 3.61. The molecule has 0 N–H and O–H groups in total. The fourth-order valence-corrected chi connectivity index (χ4v) is 8.84. The Hall–Kier alpha value is -4.86. The van der Waals surface area contributed by atoms with E-state index < -0.39 is 44.4 Å². The Morgan fingerprint density at radius 1 is 0.810 bits per heavy atom. The third-order valence-corrected chi connectivity index (χ3v) is 11.7. The predicted octanol–water partition coefficient (Wildman–Crippen LogP) is 9.05. The summed E-state index contributed by atoms with van der Waals surface area (Å²) < 4.78 is 51.6. The molecule has 0 aliphatic carbocycles. The van der Waals surface area contributed by atoms with E-state index in [4.69, 9.17) is 37.5 Å². The number of hydrogen-bond acceptors (Lipinski definition) is 12. The fraction of sp³-hybridized carbons (Fsp3) is 0.400. The minimum Gasteiger partial charge on any atom is -0.497 e. The first kappa shape index (κ1) is 44.2. The number of ether oxygens (including phenoxy) is 6. The van der Waals surface area contributed by atoms with Gasteiger partial charge >= 0.3 is 11.9 Å². The molecule has 1 saturated heterocycles. The van der Waals surface area contributed by atoms with Gasteiger partial charge in [-0.05, 0) is 86.3 Å². The Kier molecular flexibility index (Phi) is 15.8. The second-order valence-electron chi connectivity index (χ2n) is 14.3. The number of benzene rings is 4. The molecule has 1 fully saturated rings. The molecule has 0 aromatic heterocycles. The van der Waals surface area contributed by atoms with Gasteiger partial charge in [-0.3, -0.25) is 9.59 Å². The van der Waals surface area contributed by atoms with Crippen molar-refractivity contribution in [1.82, 2.24) is 4.67 Å². The highest BCUT2D eigenvalue weighted by Gasteiger charge is 2.45. The second-order valence-corrected chi connectivity index (χ2v) is 15.7. The largest absolute Gasteiger partial charge is 0.497 e. The number of carbonyl (C=O) groups is 2. The number of methoxy groups -OCH3 is 2. The summed E-state index contributed by atoms with van der Waals surface area (Å²) in [6.07, 6.45) is -1.15. The van der Waals surface area contributed by atoms with Gasteiger partial charge in [0.2, 0.25) is 0 Å². The predicted molar refractivity (Wildman–Crippen MR) is 220 cm³/mol. The minimum absolute atomic E-state index is 0.0667. The maximum Gasteiger partial charge on any atom is 0.308 e. The number of carbonyl (C=O) groups excluding carboxylic acids is 2. The molecular weight excluding hydrogens is 759 g/mol. The van der Waals surface area contributed by atoms with E-state index in [-0.39, 0.29) is 43.2 Å². The van der Waals surface area contributed by atoms with E-state index in [1.54, 1.807) is 32.4 Å². The third kappa shape index (κ3) is 10.8. The van der Waals surface area contributed by atoms with Gasteiger partial charge in [-0.1, -0.05) is 60.7 Å². The topological polar surface area (TPSA) is 135 Å². The molecule has 308 valence electrons. The number of nitriles is 1. The number of nitrogens with zero attached hydrogens (tertiary/aromatic N) is 2. The van der Waals surface area contributed by atoms with Crippen LogP contribution in [0.2, 0.25) is 0 Å². The molecule has 1 aliphatic heterocycles. The van der Waals surface area contributed by atoms with Crippen LogP contribution in [-0.4, -0.2) is 68.3 Å². The summed E-state index contributed by atoms with van der Waals surface area (Å²) in [6, 6.07) is 32.9. The third-order valence-electron chi connectivity index (χ3n) is 9.57. The van der Waals surface area contributed by atoms with E-state index in [2.05, 4.69) is 38.4 Å². The highest BCUT2D eigenvalue weighted by molar-refractivity contribution is 7.44. The SMILES string of the molecule is COc1ccc(C(OC[C@H]2O[C@@H](c3ccc(OC(C)=O)c(OC(C)=O)c3)C[C@@H]2OP(OCCC#N)N(C(C)C)C(C)C)(c2ccccc2)c2ccc(OC)cc2)cc1. The van der Waals surface area contributed by atoms with Gasteiger partial charge in [-0.2, -0.15) is 5.26 Å². The van der Waals surface area contributed by atoms with E-state index in [1.165, 1.54) is 13.8 Å². The molecular formula is C45H53N2O10P. The van der Waals surface area contributed by atoms with Gasteiger partial charge in [0.15, 0.2) is 11.5 Å². The standard InChI is InChI=1S/C45H53N2O10P/c1-30(2)47(31(3)4)58(53-26-12-25-46)57-43-28-41(34-15-24-40(54-32(5)48)42(27-34)55-33(6)49)56-44(43)29-52-45(35-13-10-9-11-14-35,36-16-20-38(50-7)21-17-36)37-18-22-39(51-8)23-19-37/h9-11,13-24,27,30-31,41,43-44H,12,26,28-29H2,1-8H3/t41-,43+,44-,58?/m1/s1. The Morgan fingerprint density at radius 2 is 1.36 bits per heavy atom. The Labute approximate surface area is 342 Å². The quantitative estimate of drug-likeness (QED) is 0.0294. The van der Waals surface area contributed by atoms with Crippen LogP contribution in [0.5, 0.6) is 23.0 Å². The van der Waals surface area contributed by atoms with Gasteiger partial charge in [0.1, 0.15) is 23.2 Å². The van der Waals surface area contributed by atoms with E-state index in [9.17, 15) is 14.9 Å². The van der Waals surface area contributed by atoms with Gasteiger partial charge in [0, 0.05) is 32.4 Å². The molecule has 58 heavy (non-hydrogen) atoms. The van der Waals surface area contributed by atoms with Crippen LogP contribution in [0, 0.1) is 11.3 Å². The normalized spacial score (nSPS) is 17.2. The minimum atomic E-state index is -1.66. The average molecular weight is 813 g/mol. The van der Waals surface area contributed by atoms with Crippen LogP contribution < -0.4 is 18.9 Å². The summed E-state index contributed by atoms with van der Waals surface area (Å²) in [5.41, 5.74) is 2.16. The molecule has 12 nitrogen and oxygen atoms in total. The van der Waals surface area contributed by atoms with Crippen LogP contribution in [0.3, 0.4) is 0 Å². The van der Waals surface area contributed by atoms with Crippen molar-refractivity contribution in [3.8, 4) is 29.1 Å². The van der Waals surface area contributed by atoms with Crippen LogP contribution >= 0.6 is 8.53 Å². The first-order valence-electron chi connectivity index (χ1n) is 19.3. The maximum atomic E-state index is 12.1. The van der Waals surface area contributed by atoms with Gasteiger partial charge in [-0.15, -0.1) is 0 Å². The van der Waals surface area contributed by atoms with Crippen molar-refractivity contribution >= 4 is 20.5 Å². The molecule has 5 rings (SSSR count). The molecule has 0 amide bonds. The summed E-state index contributed by atoms with van der Waals surface area (Å²) in [4.78, 5) is 24.0. The van der Waals surface area contributed by atoms with Crippen molar-refractivity contribution in [2.45, 2.75) is 90.4 Å². The smallest absolute Gasteiger partial charge is 0.308 e. The lowest BCUT2D eigenvalue weighted by Crippen LogP contribution is -2.39. The molecule has 4 aromatic rings. The maximum absolute atomic E-state index is 12.1. The summed E-state index contributed by atoms with van der Waals surface area (Å²) in [6.45, 7) is 11.2. The molecule has 0 bridgehead atoms. The summed E-state index contributed by atoms with van der Waals surface area (Å²) in [7, 11) is 1.60. The lowest BCUT2D eigenvalue weighted by molar-refractivity contribution is -0.134. The Bertz CT molecular complexity index is 1930. The molecule has 4 aromatic carbocycles. The molecule has 0 radical (unpaired) electrons. The monoisotopic (exact) mass is 812 g/mol. The summed E-state index contributed by atoms with van der Waals surface area (Å²) in [5.74, 6) is 0.492. The second kappa shape index (κ2) is 20.7. The molecule has 1 aliphatic rings. The first-order chi connectivity index (χ1) is 27.9. The summed E-state index contributed by atoms with van der Waals surface area (Å²) >= 11 is 0. The molecule has 13 heteroatoms. The van der Waals surface area contributed by atoms with Crippen molar-refractivity contribution in [2.24, 2.45) is 0 Å². The number of rotatable bonds is 19. The lowest BCUT2D eigenvalue weighted by atomic mass is 9.80. The van der Waals surface area contributed by atoms with Crippen molar-refractivity contribution in [3.63, 3.8) is 0 Å². The molecule has 0 spiro atoms. The van der Waals surface area contributed by atoms with Crippen molar-refractivity contribution in [1.29, 1.82) is 5.26 Å². The van der Waals surface area contributed by atoms with Crippen molar-refractivity contribution in [3.05, 3.63) is 119 Å². The molecule has 1 heterocycles. The zero-order valence-electron chi connectivity index (χ0n) is 34.4. The number of hydrogen-bond donors (Lipinski definition) is 0. The highest BCUT2D eigenvalue weighted by Crippen LogP contribution is 2.51. The first-order valence-corrected chi connectivity index (χ1v) is 20.4. The van der Waals surface area contributed by atoms with E-state index in [0.717, 1.165) is 16.7 Å². The van der Waals surface area contributed by atoms with Crippen LogP contribution in [0.25, 0.3) is 0 Å².